The van der Waals surface area contributed by atoms with Crippen LogP contribution in [0.15, 0.2) is 0 Å². The van der Waals surface area contributed by atoms with Crippen LogP contribution in [0, 0.1) is 0 Å². The van der Waals surface area contributed by atoms with Gasteiger partial charge in [0.25, 0.3) is 0 Å². The molecule has 0 heterocycles. The van der Waals surface area contributed by atoms with Crippen LogP contribution in [0.3, 0.4) is 0 Å². The minimum Gasteiger partial charge on any atom is 1.00 e. The molecule has 0 radical (unpaired) electrons. The van der Waals surface area contributed by atoms with Gasteiger partial charge in [-0.15, -0.1) is 0 Å². The second-order valence-electron chi connectivity index (χ2n) is 1.18. The number of hydrogen-bond acceptors (Lipinski definition) is 7. The van der Waals surface area contributed by atoms with Gasteiger partial charge in [0.05, 0.1) is 0 Å². The molecule has 0 amide bonds. The van der Waals surface area contributed by atoms with Crippen LogP contribution in [0.4, 0.5) is 0 Å². The van der Waals surface area contributed by atoms with Crippen molar-refractivity contribution in [2.75, 3.05) is 0 Å². The van der Waals surface area contributed by atoms with E-state index in [1.807, 2.05) is 0 Å². The van der Waals surface area contributed by atoms with Crippen LogP contribution in [0.25, 0.3) is 0 Å². The van der Waals surface area contributed by atoms with E-state index < -0.39 is 14.6 Å². The quantitative estimate of drug-likeness (QED) is 0.288. The van der Waals surface area contributed by atoms with Gasteiger partial charge in [-0.1, -0.05) is 0 Å². The Morgan fingerprint density at radius 3 is 2.15 bits per heavy atom. The summed E-state index contributed by atoms with van der Waals surface area (Å²) in [5.74, 6) is 0. The largest absolute Gasteiger partial charge is 1.00 e. The topological polar surface area (TPSA) is 108 Å². The Balaban J connectivity index is -0.000000500. The van der Waals surface area contributed by atoms with E-state index in [-0.39, 0.29) is 51.5 Å². The molecule has 0 spiro atoms. The normalized spacial score (nSPS) is 6.62. The molecular formula is CHB3Li2O7. The third-order valence-corrected chi connectivity index (χ3v) is 0.556. The Hall–Kier alpha value is 0.340. The fourth-order valence-corrected chi connectivity index (χ4v) is 0.246. The van der Waals surface area contributed by atoms with Gasteiger partial charge in [0.1, 0.15) is 0 Å². The van der Waals surface area contributed by atoms with Gasteiger partial charge < -0.3 is 0 Å². The van der Waals surface area contributed by atoms with E-state index in [1.165, 1.54) is 0 Å². The molecule has 0 rings (SSSR count). The van der Waals surface area contributed by atoms with Gasteiger partial charge in [-0.25, -0.2) is 0 Å². The molecule has 12 heteroatoms. The first-order valence-corrected chi connectivity index (χ1v) is 2.36. The van der Waals surface area contributed by atoms with E-state index in [1.54, 1.807) is 0 Å². The van der Waals surface area contributed by atoms with E-state index in [0.29, 0.717) is 0 Å². The monoisotopic (exact) mass is 172 g/mol. The summed E-state index contributed by atoms with van der Waals surface area (Å²) in [4.78, 5) is 9.44. The third-order valence-electron chi connectivity index (χ3n) is 0.556. The summed E-state index contributed by atoms with van der Waals surface area (Å²) in [6.07, 6.45) is 0. The van der Waals surface area contributed by atoms with Crippen LogP contribution in [0.2, 0.25) is 0 Å². The zero-order valence-corrected chi connectivity index (χ0v) is 7.17. The van der Waals surface area contributed by atoms with Crippen molar-refractivity contribution in [2.24, 2.45) is 0 Å². The van der Waals surface area contributed by atoms with Crippen LogP contribution >= 0.6 is 0 Å². The number of carbonyl (C=O) groups is 1. The Bertz CT molecular complexity index is 121. The van der Waals surface area contributed by atoms with Gasteiger partial charge in [-0.05, 0) is 0 Å². The molecule has 0 fully saturated rings. The molecule has 0 unspecified atom stereocenters. The second kappa shape index (κ2) is 12.3. The smallest absolute Gasteiger partial charge is 1.00 e. The maximum absolute atomic E-state index is 10.1. The van der Waals surface area contributed by atoms with Gasteiger partial charge in [-0.2, -0.15) is 0 Å². The summed E-state index contributed by atoms with van der Waals surface area (Å²) < 4.78 is 20.4. The van der Waals surface area contributed by atoms with E-state index in [0.717, 1.165) is 0 Å². The number of carbonyl (C=O) groups excluding carboxylic acids is 1. The summed E-state index contributed by atoms with van der Waals surface area (Å²) in [5, 5.41) is 20.3. The van der Waals surface area contributed by atoms with Crippen LogP contribution in [-0.4, -0.2) is 28.5 Å². The molecule has 0 aliphatic rings. The number of rotatable bonds is 6. The molecule has 58 valence electrons. The maximum Gasteiger partial charge on any atom is 1.00 e. The van der Waals surface area contributed by atoms with Crippen LogP contribution in [0.1, 0.15) is 0 Å². The van der Waals surface area contributed by atoms with Crippen molar-refractivity contribution < 1.29 is 71.1 Å². The predicted octanol–water partition coefficient (Wildman–Crippen LogP) is -10.1. The number of hydrogen-bond donors (Lipinski definition) is 0. The zero-order chi connectivity index (χ0) is 8.69. The first-order valence-electron chi connectivity index (χ1n) is 2.36. The van der Waals surface area contributed by atoms with E-state index in [2.05, 4.69) is 13.8 Å². The molecule has 0 bridgehead atoms. The first-order chi connectivity index (χ1) is 5.20. The molecule has 0 aromatic rings. The second-order valence-corrected chi connectivity index (χ2v) is 1.18. The van der Waals surface area contributed by atoms with Crippen LogP contribution in [-0.2, 0) is 23.3 Å². The van der Waals surface area contributed by atoms with Crippen molar-refractivity contribution in [3.8, 4) is 0 Å². The fraction of sp³-hybridized carbons (Fsp3) is 0. The summed E-state index contributed by atoms with van der Waals surface area (Å²) in [7, 11) is -4.73. The van der Waals surface area contributed by atoms with Gasteiger partial charge in [0, 0.05) is 0 Å². The van der Waals surface area contributed by atoms with Gasteiger partial charge in [-0.3, -0.25) is 0 Å². The van der Waals surface area contributed by atoms with E-state index in [9.17, 15) is 19.5 Å². The van der Waals surface area contributed by atoms with Crippen molar-refractivity contribution in [1.29, 1.82) is 0 Å². The molecule has 7 nitrogen and oxygen atoms in total. The first kappa shape index (κ1) is 19.0. The molecule has 0 aromatic carbocycles. The maximum atomic E-state index is 10.1. The summed E-state index contributed by atoms with van der Waals surface area (Å²) in [5.41, 5.74) is 0. The molecule has 0 N–H and O–H groups in total. The Kier molecular flexibility index (Phi) is 18.0. The van der Waals surface area contributed by atoms with Crippen molar-refractivity contribution in [1.82, 2.24) is 0 Å². The average molecular weight is 171 g/mol. The Morgan fingerprint density at radius 1 is 1.23 bits per heavy atom. The van der Waals surface area contributed by atoms with Crippen LogP contribution in [0.5, 0.6) is 0 Å². The molecule has 0 saturated heterocycles. The average Bonchev–Trinajstić information content (AvgIpc) is 1.87. The molecule has 0 aromatic heterocycles. The standard InChI is InChI=1S/CHB3O7.2Li/c5-1-9-3(7)11-4(8)10-2-6;;/h1H;;/q-2;2*+1. The Labute approximate surface area is 99.5 Å². The zero-order valence-electron chi connectivity index (χ0n) is 7.17. The van der Waals surface area contributed by atoms with Gasteiger partial charge in [0.2, 0.25) is 0 Å². The molecule has 0 aliphatic carbocycles. The molecule has 0 aliphatic heterocycles. The predicted molar refractivity (Wildman–Crippen MR) is 27.3 cm³/mol. The minimum atomic E-state index is -2.27. The van der Waals surface area contributed by atoms with Crippen molar-refractivity contribution in [3.05, 3.63) is 0 Å². The third kappa shape index (κ3) is 12.3. The molecule has 13 heavy (non-hydrogen) atoms. The van der Waals surface area contributed by atoms with Gasteiger partial charge in [0.15, 0.2) is 0 Å². The summed E-state index contributed by atoms with van der Waals surface area (Å²) >= 11 is 0. The van der Waals surface area contributed by atoms with Gasteiger partial charge >= 0.3 is 99.5 Å². The van der Waals surface area contributed by atoms with E-state index in [4.69, 9.17) is 0 Å². The minimum absolute atomic E-state index is 0. The Morgan fingerprint density at radius 2 is 1.77 bits per heavy atom. The molecular weight excluding hydrogens is 170 g/mol. The summed E-state index contributed by atoms with van der Waals surface area (Å²) in [6.45, 7) is -0.189. The van der Waals surface area contributed by atoms with Crippen LogP contribution < -0.4 is 47.8 Å². The van der Waals surface area contributed by atoms with Crippen molar-refractivity contribution in [3.63, 3.8) is 0 Å². The molecule has 0 atom stereocenters. The summed E-state index contributed by atoms with van der Waals surface area (Å²) in [6, 6.07) is 0. The molecule has 0 saturated carbocycles. The van der Waals surface area contributed by atoms with E-state index >= 15 is 0 Å². The SMILES string of the molecule is O=BOB([O-])OB([O-])OC=O.[Li+].[Li+]. The van der Waals surface area contributed by atoms with Crippen molar-refractivity contribution >= 4 is 28.5 Å². The fourth-order valence-electron chi connectivity index (χ4n) is 0.246. The van der Waals surface area contributed by atoms with Crippen molar-refractivity contribution in [2.45, 2.75) is 0 Å².